The Kier molecular flexibility index (Phi) is 6.39. The zero-order valence-electron chi connectivity index (χ0n) is 9.00. The fourth-order valence-electron chi connectivity index (χ4n) is 1.02. The molecule has 1 aromatic rings. The van der Waals surface area contributed by atoms with E-state index in [9.17, 15) is 0 Å². The highest BCUT2D eigenvalue weighted by Gasteiger charge is 1.98. The molecule has 0 spiro atoms. The fourth-order valence-corrected chi connectivity index (χ4v) is 2.43. The lowest BCUT2D eigenvalue weighted by atomic mass is 10.5. The molecule has 0 fully saturated rings. The fraction of sp³-hybridized carbons (Fsp3) is 0.444. The highest BCUT2D eigenvalue weighted by Crippen LogP contribution is 2.22. The van der Waals surface area contributed by atoms with E-state index in [1.54, 1.807) is 18.4 Å². The van der Waals surface area contributed by atoms with Crippen molar-refractivity contribution in [1.82, 2.24) is 10.7 Å². The quantitative estimate of drug-likeness (QED) is 0.250. The Labute approximate surface area is 107 Å². The smallest absolute Gasteiger partial charge is 0.206 e. The molecule has 0 saturated carbocycles. The molecule has 1 heterocycles. The van der Waals surface area contributed by atoms with Gasteiger partial charge in [-0.25, -0.2) is 10.8 Å². The van der Waals surface area contributed by atoms with E-state index in [2.05, 4.69) is 31.7 Å². The molecular formula is C9H15BrN4OS. The summed E-state index contributed by atoms with van der Waals surface area (Å²) in [6.45, 7) is 1.90. The normalized spacial score (nSPS) is 11.6. The van der Waals surface area contributed by atoms with E-state index in [-0.39, 0.29) is 0 Å². The van der Waals surface area contributed by atoms with Crippen LogP contribution in [0.3, 0.4) is 0 Å². The minimum absolute atomic E-state index is 0.571. The number of hydrogen-bond acceptors (Lipinski definition) is 4. The molecule has 1 aromatic heterocycles. The van der Waals surface area contributed by atoms with E-state index >= 15 is 0 Å². The van der Waals surface area contributed by atoms with E-state index in [1.807, 2.05) is 12.1 Å². The minimum atomic E-state index is 0.571. The number of thiophene rings is 1. The summed E-state index contributed by atoms with van der Waals surface area (Å²) in [5, 5.41) is 3.03. The summed E-state index contributed by atoms with van der Waals surface area (Å²) in [5.41, 5.74) is 2.51. The summed E-state index contributed by atoms with van der Waals surface area (Å²) >= 11 is 5.06. The lowest BCUT2D eigenvalue weighted by molar-refractivity contribution is 0.203. The van der Waals surface area contributed by atoms with Crippen molar-refractivity contribution in [3.8, 4) is 0 Å². The molecule has 0 aliphatic heterocycles. The predicted molar refractivity (Wildman–Crippen MR) is 70.4 cm³/mol. The lowest BCUT2D eigenvalue weighted by Crippen LogP contribution is -2.42. The molecule has 1 rings (SSSR count). The summed E-state index contributed by atoms with van der Waals surface area (Å²) in [6, 6.07) is 4.03. The third kappa shape index (κ3) is 4.93. The van der Waals surface area contributed by atoms with Crippen LogP contribution < -0.4 is 16.6 Å². The average Bonchev–Trinajstić information content (AvgIpc) is 2.69. The van der Waals surface area contributed by atoms with Crippen LogP contribution in [0.2, 0.25) is 0 Å². The van der Waals surface area contributed by atoms with Gasteiger partial charge in [-0.2, -0.15) is 0 Å². The first-order valence-electron chi connectivity index (χ1n) is 4.74. The van der Waals surface area contributed by atoms with E-state index in [0.717, 1.165) is 3.79 Å². The molecule has 0 bridgehead atoms. The van der Waals surface area contributed by atoms with Crippen LogP contribution in [-0.2, 0) is 11.3 Å². The molecule has 0 aliphatic rings. The maximum atomic E-state index is 5.33. The van der Waals surface area contributed by atoms with E-state index in [1.165, 1.54) is 4.88 Å². The van der Waals surface area contributed by atoms with Crippen LogP contribution in [0.25, 0.3) is 0 Å². The minimum Gasteiger partial charge on any atom is -0.383 e. The van der Waals surface area contributed by atoms with Gasteiger partial charge >= 0.3 is 0 Å². The number of hydrogen-bond donors (Lipinski definition) is 3. The molecule has 16 heavy (non-hydrogen) atoms. The number of methoxy groups -OCH3 is 1. The molecule has 5 nitrogen and oxygen atoms in total. The van der Waals surface area contributed by atoms with Crippen molar-refractivity contribution < 1.29 is 4.74 Å². The molecule has 0 amide bonds. The van der Waals surface area contributed by atoms with Crippen molar-refractivity contribution >= 4 is 33.2 Å². The first kappa shape index (κ1) is 13.4. The van der Waals surface area contributed by atoms with Crippen LogP contribution in [0, 0.1) is 0 Å². The van der Waals surface area contributed by atoms with Crippen molar-refractivity contribution in [2.75, 3.05) is 20.3 Å². The molecular weight excluding hydrogens is 292 g/mol. The molecule has 0 aliphatic carbocycles. The van der Waals surface area contributed by atoms with Gasteiger partial charge in [0.05, 0.1) is 16.9 Å². The second-order valence-corrected chi connectivity index (χ2v) is 5.48. The van der Waals surface area contributed by atoms with E-state index in [0.29, 0.717) is 25.7 Å². The number of nitrogens with one attached hydrogen (secondary N) is 2. The van der Waals surface area contributed by atoms with Gasteiger partial charge in [-0.15, -0.1) is 11.3 Å². The number of rotatable bonds is 5. The molecule has 0 atom stereocenters. The van der Waals surface area contributed by atoms with Crippen LogP contribution in [0.5, 0.6) is 0 Å². The number of hydrazine groups is 1. The van der Waals surface area contributed by atoms with Crippen molar-refractivity contribution in [2.24, 2.45) is 10.8 Å². The van der Waals surface area contributed by atoms with Gasteiger partial charge in [0.15, 0.2) is 0 Å². The third-order valence-corrected chi connectivity index (χ3v) is 3.37. The summed E-state index contributed by atoms with van der Waals surface area (Å²) in [5.74, 6) is 5.91. The molecule has 7 heteroatoms. The van der Waals surface area contributed by atoms with Gasteiger partial charge in [-0.05, 0) is 28.1 Å². The summed E-state index contributed by atoms with van der Waals surface area (Å²) in [7, 11) is 1.65. The Hall–Kier alpha value is -0.630. The second kappa shape index (κ2) is 7.61. The van der Waals surface area contributed by atoms with E-state index in [4.69, 9.17) is 10.6 Å². The standard InChI is InChI=1S/C9H15BrN4OS/c1-15-5-4-12-9(14-11)13-6-7-2-3-8(10)16-7/h2-3H,4-6,11H2,1H3,(H2,12,13,14). The number of nitrogens with two attached hydrogens (primary N) is 1. The van der Waals surface area contributed by atoms with Crippen LogP contribution in [0.15, 0.2) is 20.9 Å². The molecule has 90 valence electrons. The molecule has 0 saturated heterocycles. The highest BCUT2D eigenvalue weighted by atomic mass is 79.9. The van der Waals surface area contributed by atoms with Crippen molar-refractivity contribution in [1.29, 1.82) is 0 Å². The number of halogens is 1. The van der Waals surface area contributed by atoms with Gasteiger partial charge in [0, 0.05) is 18.5 Å². The molecule has 0 unspecified atom stereocenters. The van der Waals surface area contributed by atoms with Crippen LogP contribution in [-0.4, -0.2) is 26.2 Å². The van der Waals surface area contributed by atoms with Crippen molar-refractivity contribution in [3.63, 3.8) is 0 Å². The van der Waals surface area contributed by atoms with Gasteiger partial charge in [0.25, 0.3) is 0 Å². The first-order valence-corrected chi connectivity index (χ1v) is 6.35. The van der Waals surface area contributed by atoms with Gasteiger partial charge in [0.1, 0.15) is 0 Å². The first-order chi connectivity index (χ1) is 7.76. The van der Waals surface area contributed by atoms with E-state index < -0.39 is 0 Å². The molecule has 0 radical (unpaired) electrons. The van der Waals surface area contributed by atoms with Crippen LogP contribution in [0.1, 0.15) is 4.88 Å². The lowest BCUT2D eigenvalue weighted by Gasteiger charge is -2.07. The van der Waals surface area contributed by atoms with Crippen molar-refractivity contribution in [3.05, 3.63) is 20.8 Å². The Morgan fingerprint density at radius 3 is 3.00 bits per heavy atom. The molecule has 0 aromatic carbocycles. The topological polar surface area (TPSA) is 71.7 Å². The number of ether oxygens (including phenoxy) is 1. The summed E-state index contributed by atoms with van der Waals surface area (Å²) < 4.78 is 6.02. The monoisotopic (exact) mass is 306 g/mol. The van der Waals surface area contributed by atoms with Crippen molar-refractivity contribution in [2.45, 2.75) is 6.54 Å². The Bertz CT molecular complexity index is 342. The Morgan fingerprint density at radius 2 is 2.44 bits per heavy atom. The zero-order chi connectivity index (χ0) is 11.8. The largest absolute Gasteiger partial charge is 0.383 e. The Balaban J connectivity index is 2.40. The van der Waals surface area contributed by atoms with Gasteiger partial charge in [0.2, 0.25) is 5.96 Å². The summed E-state index contributed by atoms with van der Waals surface area (Å²) in [4.78, 5) is 5.48. The van der Waals surface area contributed by atoms with Crippen LogP contribution in [0.4, 0.5) is 0 Å². The van der Waals surface area contributed by atoms with Gasteiger partial charge in [-0.1, -0.05) is 0 Å². The zero-order valence-corrected chi connectivity index (χ0v) is 11.4. The maximum Gasteiger partial charge on any atom is 0.206 e. The van der Waals surface area contributed by atoms with Gasteiger partial charge < -0.3 is 10.1 Å². The Morgan fingerprint density at radius 1 is 1.62 bits per heavy atom. The highest BCUT2D eigenvalue weighted by molar-refractivity contribution is 9.11. The number of aliphatic imine (C=N–C) groups is 1. The predicted octanol–water partition coefficient (Wildman–Crippen LogP) is 1.07. The van der Waals surface area contributed by atoms with Gasteiger partial charge in [-0.3, -0.25) is 5.43 Å². The number of nitrogens with zero attached hydrogens (tertiary/aromatic N) is 1. The summed E-state index contributed by atoms with van der Waals surface area (Å²) in [6.07, 6.45) is 0. The maximum absolute atomic E-state index is 5.33. The molecule has 4 N–H and O–H groups in total. The second-order valence-electron chi connectivity index (χ2n) is 2.93. The average molecular weight is 307 g/mol. The number of guanidine groups is 1. The SMILES string of the molecule is COCCNC(=NCc1ccc(Br)s1)NN. The van der Waals surface area contributed by atoms with Crippen LogP contribution >= 0.6 is 27.3 Å². The third-order valence-electron chi connectivity index (χ3n) is 1.76.